The molecule has 0 aromatic heterocycles. The smallest absolute Gasteiger partial charge is 0.258 e. The van der Waals surface area contributed by atoms with Gasteiger partial charge in [-0.3, -0.25) is 4.79 Å². The molecule has 3 aromatic rings. The molecule has 2 aliphatic rings. The van der Waals surface area contributed by atoms with Gasteiger partial charge in [-0.2, -0.15) is 0 Å². The van der Waals surface area contributed by atoms with E-state index in [1.807, 2.05) is 48.5 Å². The Kier molecular flexibility index (Phi) is 5.45. The van der Waals surface area contributed by atoms with Gasteiger partial charge in [-0.25, -0.2) is 0 Å². The Morgan fingerprint density at radius 2 is 1.72 bits per heavy atom. The van der Waals surface area contributed by atoms with E-state index < -0.39 is 0 Å². The Balaban J connectivity index is 1.33. The molecule has 2 heterocycles. The van der Waals surface area contributed by atoms with Crippen molar-refractivity contribution in [3.8, 4) is 0 Å². The molecule has 1 fully saturated rings. The first-order chi connectivity index (χ1) is 15.6. The number of nitrogens with zero attached hydrogens (tertiary/aromatic N) is 2. The number of nitrogen functional groups attached to an aromatic ring is 1. The summed E-state index contributed by atoms with van der Waals surface area (Å²) >= 11 is 0. The fourth-order valence-electron chi connectivity index (χ4n) is 4.44. The Bertz CT molecular complexity index is 1130. The molecular weight excluding hydrogens is 400 g/mol. The number of amides is 1. The summed E-state index contributed by atoms with van der Waals surface area (Å²) in [4.78, 5) is 17.2. The van der Waals surface area contributed by atoms with Crippen molar-refractivity contribution in [2.24, 2.45) is 0 Å². The number of hydrogen-bond acceptors (Lipinski definition) is 5. The average molecular weight is 429 g/mol. The monoisotopic (exact) mass is 428 g/mol. The number of morpholine rings is 1. The van der Waals surface area contributed by atoms with Gasteiger partial charge in [0.15, 0.2) is 0 Å². The van der Waals surface area contributed by atoms with Gasteiger partial charge in [0.05, 0.1) is 31.1 Å². The maximum Gasteiger partial charge on any atom is 0.258 e. The van der Waals surface area contributed by atoms with Crippen LogP contribution in [0.3, 0.4) is 0 Å². The number of anilines is 4. The molecule has 2 aliphatic heterocycles. The zero-order valence-electron chi connectivity index (χ0n) is 18.3. The zero-order chi connectivity index (χ0) is 22.1. The molecule has 1 saturated heterocycles. The van der Waals surface area contributed by atoms with E-state index in [2.05, 4.69) is 35.3 Å². The molecule has 3 aromatic carbocycles. The second-order valence-electron chi connectivity index (χ2n) is 8.38. The number of nitrogens with one attached hydrogen (secondary N) is 1. The van der Waals surface area contributed by atoms with Crippen LogP contribution in [0.25, 0.3) is 0 Å². The quantitative estimate of drug-likeness (QED) is 0.588. The fraction of sp³-hybridized carbons (Fsp3) is 0.269. The van der Waals surface area contributed by atoms with Gasteiger partial charge in [0.25, 0.3) is 5.91 Å². The minimum absolute atomic E-state index is 0.0197. The van der Waals surface area contributed by atoms with Crippen molar-refractivity contribution in [1.82, 2.24) is 0 Å². The van der Waals surface area contributed by atoms with Crippen LogP contribution < -0.4 is 20.9 Å². The summed E-state index contributed by atoms with van der Waals surface area (Å²) in [5.74, 6) is 0.0197. The van der Waals surface area contributed by atoms with E-state index >= 15 is 0 Å². The largest absolute Gasteiger partial charge is 0.397 e. The minimum Gasteiger partial charge on any atom is -0.397 e. The molecule has 32 heavy (non-hydrogen) atoms. The van der Waals surface area contributed by atoms with Crippen LogP contribution in [-0.4, -0.2) is 32.2 Å². The van der Waals surface area contributed by atoms with Crippen molar-refractivity contribution in [2.75, 3.05) is 47.2 Å². The number of carbonyl (C=O) groups excluding carboxylic acids is 1. The molecule has 0 aliphatic carbocycles. The van der Waals surface area contributed by atoms with Crippen LogP contribution in [0.1, 0.15) is 34.5 Å². The highest BCUT2D eigenvalue weighted by molar-refractivity contribution is 6.10. The molecular formula is C26H28N4O2. The van der Waals surface area contributed by atoms with Crippen LogP contribution >= 0.6 is 0 Å². The molecule has 1 amide bonds. The second-order valence-corrected chi connectivity index (χ2v) is 8.38. The van der Waals surface area contributed by atoms with E-state index in [0.29, 0.717) is 12.2 Å². The van der Waals surface area contributed by atoms with Gasteiger partial charge < -0.3 is 25.6 Å². The van der Waals surface area contributed by atoms with Gasteiger partial charge in [0, 0.05) is 36.1 Å². The molecule has 3 N–H and O–H groups in total. The van der Waals surface area contributed by atoms with E-state index in [1.165, 1.54) is 5.56 Å². The lowest BCUT2D eigenvalue weighted by molar-refractivity contribution is 0.0996. The average Bonchev–Trinajstić information content (AvgIpc) is 3.17. The highest BCUT2D eigenvalue weighted by Crippen LogP contribution is 2.34. The summed E-state index contributed by atoms with van der Waals surface area (Å²) in [6, 6.07) is 22.3. The van der Waals surface area contributed by atoms with Crippen LogP contribution in [-0.2, 0) is 11.3 Å². The first-order valence-electron chi connectivity index (χ1n) is 11.1. The van der Waals surface area contributed by atoms with E-state index in [1.54, 1.807) is 4.90 Å². The number of fused-ring (bicyclic) bond motifs is 1. The van der Waals surface area contributed by atoms with E-state index in [-0.39, 0.29) is 11.9 Å². The fourth-order valence-corrected chi connectivity index (χ4v) is 4.44. The lowest BCUT2D eigenvalue weighted by atomic mass is 10.1. The topological polar surface area (TPSA) is 70.8 Å². The van der Waals surface area contributed by atoms with Crippen molar-refractivity contribution in [3.63, 3.8) is 0 Å². The maximum absolute atomic E-state index is 13.1. The first-order valence-corrected chi connectivity index (χ1v) is 11.1. The Hall–Kier alpha value is -3.51. The summed E-state index contributed by atoms with van der Waals surface area (Å²) in [5, 5.41) is 3.47. The second kappa shape index (κ2) is 8.55. The number of hydrogen-bond donors (Lipinski definition) is 2. The molecule has 6 nitrogen and oxygen atoms in total. The summed E-state index contributed by atoms with van der Waals surface area (Å²) in [6.07, 6.45) is 0. The van der Waals surface area contributed by atoms with E-state index in [0.717, 1.165) is 54.5 Å². The van der Waals surface area contributed by atoms with Gasteiger partial charge in [-0.15, -0.1) is 0 Å². The summed E-state index contributed by atoms with van der Waals surface area (Å²) in [6.45, 7) is 5.90. The van der Waals surface area contributed by atoms with E-state index in [9.17, 15) is 4.79 Å². The van der Waals surface area contributed by atoms with Crippen LogP contribution in [0.4, 0.5) is 22.7 Å². The molecule has 0 spiro atoms. The summed E-state index contributed by atoms with van der Waals surface area (Å²) in [5.41, 5.74) is 12.8. The minimum atomic E-state index is 0.0197. The molecule has 1 atom stereocenters. The van der Waals surface area contributed by atoms with Gasteiger partial charge in [-0.1, -0.05) is 30.3 Å². The van der Waals surface area contributed by atoms with Gasteiger partial charge >= 0.3 is 0 Å². The van der Waals surface area contributed by atoms with Crippen molar-refractivity contribution in [3.05, 3.63) is 83.4 Å². The summed E-state index contributed by atoms with van der Waals surface area (Å²) in [7, 11) is 0. The van der Waals surface area contributed by atoms with Gasteiger partial charge in [0.1, 0.15) is 0 Å². The molecule has 164 valence electrons. The Morgan fingerprint density at radius 1 is 0.969 bits per heavy atom. The highest BCUT2D eigenvalue weighted by atomic mass is 16.5. The predicted molar refractivity (Wildman–Crippen MR) is 129 cm³/mol. The molecule has 5 rings (SSSR count). The number of rotatable bonds is 5. The van der Waals surface area contributed by atoms with Gasteiger partial charge in [0.2, 0.25) is 0 Å². The maximum atomic E-state index is 13.1. The number of nitrogens with two attached hydrogens (primary N) is 1. The molecule has 0 saturated carbocycles. The zero-order valence-corrected chi connectivity index (χ0v) is 18.3. The Morgan fingerprint density at radius 3 is 2.47 bits per heavy atom. The van der Waals surface area contributed by atoms with Crippen molar-refractivity contribution in [2.45, 2.75) is 19.5 Å². The molecule has 0 radical (unpaired) electrons. The molecule has 6 heteroatoms. The van der Waals surface area contributed by atoms with Crippen molar-refractivity contribution in [1.29, 1.82) is 0 Å². The highest BCUT2D eigenvalue weighted by Gasteiger charge is 2.29. The van der Waals surface area contributed by atoms with Crippen LogP contribution in [0.15, 0.2) is 66.7 Å². The normalized spacial score (nSPS) is 16.7. The van der Waals surface area contributed by atoms with Crippen LogP contribution in [0, 0.1) is 0 Å². The number of carbonyl (C=O) groups is 1. The lowest BCUT2D eigenvalue weighted by Gasteiger charge is -2.29. The standard InChI is InChI=1S/C26H28N4O2/c1-18(19-5-3-2-4-6-19)28-25-10-8-22(16-24(25)27)30-17-20-15-21(7-9-23(20)26(30)31)29-11-13-32-14-12-29/h2-10,15-16,18,28H,11-14,17,27H2,1H3. The molecule has 0 bridgehead atoms. The third-order valence-electron chi connectivity index (χ3n) is 6.29. The van der Waals surface area contributed by atoms with Gasteiger partial charge in [-0.05, 0) is 54.4 Å². The SMILES string of the molecule is CC(Nc1ccc(N2Cc3cc(N4CCOCC4)ccc3C2=O)cc1N)c1ccccc1. The number of ether oxygens (including phenoxy) is 1. The third kappa shape index (κ3) is 3.89. The number of benzene rings is 3. The summed E-state index contributed by atoms with van der Waals surface area (Å²) < 4.78 is 5.45. The first kappa shape index (κ1) is 20.4. The van der Waals surface area contributed by atoms with E-state index in [4.69, 9.17) is 10.5 Å². The Labute approximate surface area is 188 Å². The van der Waals surface area contributed by atoms with Crippen LogP contribution in [0.5, 0.6) is 0 Å². The van der Waals surface area contributed by atoms with Crippen molar-refractivity contribution >= 4 is 28.7 Å². The molecule has 1 unspecified atom stereocenters. The third-order valence-corrected chi connectivity index (χ3v) is 6.29. The van der Waals surface area contributed by atoms with Crippen LogP contribution in [0.2, 0.25) is 0 Å². The predicted octanol–water partition coefficient (Wildman–Crippen LogP) is 4.44. The lowest BCUT2D eigenvalue weighted by Crippen LogP contribution is -2.36. The van der Waals surface area contributed by atoms with Crippen molar-refractivity contribution < 1.29 is 9.53 Å².